The summed E-state index contributed by atoms with van der Waals surface area (Å²) in [7, 11) is 0. The molecule has 3 aliphatic rings. The van der Waals surface area contributed by atoms with E-state index in [0.29, 0.717) is 5.69 Å². The number of halogens is 6. The van der Waals surface area contributed by atoms with Crippen molar-refractivity contribution in [2.24, 2.45) is 11.8 Å². The Morgan fingerprint density at radius 1 is 0.857 bits per heavy atom. The van der Waals surface area contributed by atoms with Crippen molar-refractivity contribution in [1.29, 1.82) is 0 Å². The number of imide groups is 1. The fraction of sp³-hybridized carbons (Fsp3) is 0.292. The number of hydrogen-bond donors (Lipinski definition) is 1. The van der Waals surface area contributed by atoms with Crippen LogP contribution in [0, 0.1) is 25.7 Å². The van der Waals surface area contributed by atoms with E-state index in [1.165, 1.54) is 12.1 Å². The van der Waals surface area contributed by atoms with E-state index >= 15 is 0 Å². The molecule has 2 bridgehead atoms. The number of anilines is 2. The van der Waals surface area contributed by atoms with Crippen LogP contribution in [0.1, 0.15) is 21.5 Å². The smallest absolute Gasteiger partial charge is 0.257 e. The van der Waals surface area contributed by atoms with E-state index in [0.717, 1.165) is 16.0 Å². The average Bonchev–Trinajstić information content (AvgIpc) is 3.20. The van der Waals surface area contributed by atoms with Crippen LogP contribution in [-0.4, -0.2) is 31.8 Å². The molecule has 4 atom stereocenters. The van der Waals surface area contributed by atoms with Crippen molar-refractivity contribution in [2.45, 2.75) is 27.9 Å². The summed E-state index contributed by atoms with van der Waals surface area (Å²) < 4.78 is -2.02. The van der Waals surface area contributed by atoms with Crippen molar-refractivity contribution < 1.29 is 14.4 Å². The number of allylic oxidation sites excluding steroid dienone is 2. The van der Waals surface area contributed by atoms with Crippen LogP contribution in [0.25, 0.3) is 0 Å². The monoisotopic (exact) mass is 590 g/mol. The molecule has 0 spiro atoms. The average molecular weight is 593 g/mol. The highest BCUT2D eigenvalue weighted by Crippen LogP contribution is 2.77. The number of hydrogen-bond acceptors (Lipinski definition) is 3. The van der Waals surface area contributed by atoms with Crippen LogP contribution in [0.4, 0.5) is 11.4 Å². The molecule has 1 aliphatic heterocycles. The first-order valence-corrected chi connectivity index (χ1v) is 12.7. The van der Waals surface area contributed by atoms with Gasteiger partial charge in [0.2, 0.25) is 11.8 Å². The number of nitrogens with one attached hydrogen (secondary N) is 1. The lowest BCUT2D eigenvalue weighted by molar-refractivity contribution is -0.123. The lowest BCUT2D eigenvalue weighted by Gasteiger charge is -2.34. The third-order valence-corrected chi connectivity index (χ3v) is 11.3. The highest BCUT2D eigenvalue weighted by atomic mass is 35.5. The van der Waals surface area contributed by atoms with Crippen molar-refractivity contribution in [3.8, 4) is 0 Å². The van der Waals surface area contributed by atoms with E-state index in [2.05, 4.69) is 5.32 Å². The van der Waals surface area contributed by atoms with Crippen molar-refractivity contribution in [1.82, 2.24) is 0 Å². The Morgan fingerprint density at radius 3 is 1.94 bits per heavy atom. The third kappa shape index (κ3) is 3.00. The maximum atomic E-state index is 13.7. The molecule has 1 N–H and O–H groups in total. The molecule has 2 aromatic carbocycles. The molecule has 35 heavy (non-hydrogen) atoms. The molecular formula is C24H16Cl6N2O3. The number of para-hydroxylation sites is 1. The van der Waals surface area contributed by atoms with Crippen molar-refractivity contribution in [3.63, 3.8) is 0 Å². The summed E-state index contributed by atoms with van der Waals surface area (Å²) in [6.07, 6.45) is 0. The van der Waals surface area contributed by atoms with E-state index < -0.39 is 43.6 Å². The van der Waals surface area contributed by atoms with Gasteiger partial charge in [0.15, 0.2) is 4.33 Å². The van der Waals surface area contributed by atoms with Gasteiger partial charge in [-0.15, -0.1) is 23.2 Å². The Bertz CT molecular complexity index is 1330. The van der Waals surface area contributed by atoms with E-state index in [9.17, 15) is 14.4 Å². The Balaban J connectivity index is 1.56. The zero-order valence-electron chi connectivity index (χ0n) is 18.1. The van der Waals surface area contributed by atoms with Gasteiger partial charge in [0, 0.05) is 5.69 Å². The molecule has 0 unspecified atom stereocenters. The maximum Gasteiger partial charge on any atom is 0.257 e. The number of alkyl halides is 4. The van der Waals surface area contributed by atoms with Gasteiger partial charge in [0.25, 0.3) is 5.91 Å². The lowest BCUT2D eigenvalue weighted by Crippen LogP contribution is -2.50. The van der Waals surface area contributed by atoms with Gasteiger partial charge in [-0.25, -0.2) is 4.90 Å². The molecular weight excluding hydrogens is 577 g/mol. The van der Waals surface area contributed by atoms with Crippen LogP contribution in [0.3, 0.4) is 0 Å². The van der Waals surface area contributed by atoms with Crippen LogP contribution in [0.5, 0.6) is 0 Å². The number of aryl methyl sites for hydroxylation is 2. The normalized spacial score (nSPS) is 30.8. The first-order valence-electron chi connectivity index (χ1n) is 10.5. The second-order valence-corrected chi connectivity index (χ2v) is 12.1. The summed E-state index contributed by atoms with van der Waals surface area (Å²) in [5.74, 6) is -4.53. The minimum absolute atomic E-state index is 0.0696. The third-order valence-electron chi connectivity index (χ3n) is 7.06. The Labute approximate surface area is 231 Å². The standard InChI is InChI=1S/C24H16Cl6N2O3/c1-10-7-8-12(9-11(10)2)31-19(33)13-5-3-4-6-14(13)32-20(34)15-16(21(32)35)23(28)18(26)17(25)22(15,27)24(23,29)30/h3-9,15-16H,1-2H3,(H,31,33)/t15-,16-,22-,23-/m1/s1. The molecule has 3 amide bonds. The summed E-state index contributed by atoms with van der Waals surface area (Å²) in [6, 6.07) is 11.7. The number of fused-ring (bicyclic) bond motifs is 5. The van der Waals surface area contributed by atoms with Crippen LogP contribution >= 0.6 is 69.6 Å². The predicted octanol–water partition coefficient (Wildman–Crippen LogP) is 6.51. The topological polar surface area (TPSA) is 66.5 Å². The van der Waals surface area contributed by atoms with Crippen molar-refractivity contribution >= 4 is 98.7 Å². The van der Waals surface area contributed by atoms with Crippen molar-refractivity contribution in [3.05, 3.63) is 69.2 Å². The number of nitrogens with zero attached hydrogens (tertiary/aromatic N) is 1. The molecule has 5 nitrogen and oxygen atoms in total. The Hall–Kier alpha value is -1.47. The van der Waals surface area contributed by atoms with Crippen LogP contribution < -0.4 is 10.2 Å². The molecule has 1 saturated carbocycles. The summed E-state index contributed by atoms with van der Waals surface area (Å²) >= 11 is 39.3. The molecule has 11 heteroatoms. The van der Waals surface area contributed by atoms with E-state index in [4.69, 9.17) is 69.6 Å². The summed E-state index contributed by atoms with van der Waals surface area (Å²) in [5, 5.41) is 2.46. The van der Waals surface area contributed by atoms with Gasteiger partial charge in [-0.1, -0.05) is 64.6 Å². The molecule has 2 aromatic rings. The van der Waals surface area contributed by atoms with Crippen LogP contribution in [0.15, 0.2) is 52.5 Å². The molecule has 0 radical (unpaired) electrons. The predicted molar refractivity (Wildman–Crippen MR) is 140 cm³/mol. The summed E-state index contributed by atoms with van der Waals surface area (Å²) in [4.78, 5) is 37.6. The van der Waals surface area contributed by atoms with Gasteiger partial charge in [0.05, 0.1) is 33.2 Å². The molecule has 1 heterocycles. The highest BCUT2D eigenvalue weighted by Gasteiger charge is 2.87. The fourth-order valence-electron chi connectivity index (χ4n) is 5.11. The number of benzene rings is 2. The molecule has 2 aliphatic carbocycles. The molecule has 182 valence electrons. The van der Waals surface area contributed by atoms with Gasteiger partial charge in [-0.2, -0.15) is 0 Å². The SMILES string of the molecule is Cc1ccc(NC(=O)c2ccccc2N2C(=O)[C@H]3[C@H](C2=O)[C@@]2(Cl)C(Cl)=C(Cl)[C@@]3(Cl)C2(Cl)Cl)cc1C. The quantitative estimate of drug-likeness (QED) is 0.326. The molecule has 5 rings (SSSR count). The van der Waals surface area contributed by atoms with E-state index in [-0.39, 0.29) is 21.3 Å². The second kappa shape index (κ2) is 8.01. The summed E-state index contributed by atoms with van der Waals surface area (Å²) in [6.45, 7) is 3.89. The van der Waals surface area contributed by atoms with Crippen LogP contribution in [-0.2, 0) is 9.59 Å². The Kier molecular flexibility index (Phi) is 5.77. The van der Waals surface area contributed by atoms with E-state index in [1.807, 2.05) is 26.0 Å². The van der Waals surface area contributed by atoms with Gasteiger partial charge < -0.3 is 5.32 Å². The largest absolute Gasteiger partial charge is 0.322 e. The second-order valence-electron chi connectivity index (χ2n) is 8.86. The number of amides is 3. The highest BCUT2D eigenvalue weighted by molar-refractivity contribution is 6.67. The van der Waals surface area contributed by atoms with Gasteiger partial charge >= 0.3 is 0 Å². The van der Waals surface area contributed by atoms with Gasteiger partial charge in [0.1, 0.15) is 9.75 Å². The summed E-state index contributed by atoms with van der Waals surface area (Å²) in [5.41, 5.74) is 2.80. The van der Waals surface area contributed by atoms with Crippen LogP contribution in [0.2, 0.25) is 0 Å². The lowest BCUT2D eigenvalue weighted by atomic mass is 9.84. The number of carbonyl (C=O) groups excluding carboxylic acids is 3. The fourth-order valence-corrected chi connectivity index (χ4v) is 8.04. The number of carbonyl (C=O) groups is 3. The molecule has 1 saturated heterocycles. The van der Waals surface area contributed by atoms with Gasteiger partial charge in [-0.05, 0) is 49.2 Å². The van der Waals surface area contributed by atoms with Crippen molar-refractivity contribution in [2.75, 3.05) is 10.2 Å². The zero-order chi connectivity index (χ0) is 25.7. The minimum atomic E-state index is -2.02. The number of rotatable bonds is 3. The first-order chi connectivity index (χ1) is 16.3. The first kappa shape index (κ1) is 25.2. The maximum absolute atomic E-state index is 13.7. The Morgan fingerprint density at radius 2 is 1.40 bits per heavy atom. The van der Waals surface area contributed by atoms with Gasteiger partial charge in [-0.3, -0.25) is 14.4 Å². The zero-order valence-corrected chi connectivity index (χ0v) is 22.7. The molecule has 0 aromatic heterocycles. The molecule has 2 fully saturated rings. The minimum Gasteiger partial charge on any atom is -0.322 e. The van der Waals surface area contributed by atoms with E-state index in [1.54, 1.807) is 18.2 Å².